The number of benzene rings is 2. The van der Waals surface area contributed by atoms with Gasteiger partial charge in [0.1, 0.15) is 11.8 Å². The van der Waals surface area contributed by atoms with E-state index in [0.29, 0.717) is 11.4 Å². The predicted octanol–water partition coefficient (Wildman–Crippen LogP) is 4.28. The molecule has 0 spiro atoms. The van der Waals surface area contributed by atoms with Crippen molar-refractivity contribution in [2.45, 2.75) is 44.1 Å². The van der Waals surface area contributed by atoms with Crippen molar-refractivity contribution in [2.75, 3.05) is 26.6 Å². The average molecular weight is 497 g/mol. The van der Waals surface area contributed by atoms with E-state index in [1.807, 2.05) is 13.8 Å². The van der Waals surface area contributed by atoms with Crippen molar-refractivity contribution in [3.05, 3.63) is 60.2 Å². The lowest BCUT2D eigenvalue weighted by Gasteiger charge is -2.36. The van der Waals surface area contributed by atoms with E-state index in [2.05, 4.69) is 10.6 Å². The molecule has 2 rings (SSSR count). The van der Waals surface area contributed by atoms with Gasteiger partial charge in [-0.3, -0.25) is 4.79 Å². The molecular formula is C25H31F3N2O5. The molecule has 0 aliphatic heterocycles. The third kappa shape index (κ3) is 6.45. The van der Waals surface area contributed by atoms with Crippen LogP contribution in [0.3, 0.4) is 0 Å². The van der Waals surface area contributed by atoms with Crippen molar-refractivity contribution in [3.8, 4) is 5.75 Å². The van der Waals surface area contributed by atoms with Crippen LogP contribution >= 0.6 is 0 Å². The molecule has 1 amide bonds. The molecule has 0 aliphatic rings. The molecule has 35 heavy (non-hydrogen) atoms. The summed E-state index contributed by atoms with van der Waals surface area (Å²) in [7, 11) is 3.49. The summed E-state index contributed by atoms with van der Waals surface area (Å²) in [5, 5.41) is 5.40. The second-order valence-electron chi connectivity index (χ2n) is 8.33. The number of halogens is 3. The van der Waals surface area contributed by atoms with Crippen LogP contribution in [0.4, 0.5) is 18.9 Å². The van der Waals surface area contributed by atoms with Gasteiger partial charge in [0.05, 0.1) is 20.3 Å². The number of hydrogen-bond donors (Lipinski definition) is 2. The summed E-state index contributed by atoms with van der Waals surface area (Å²) in [4.78, 5) is 26.0. The van der Waals surface area contributed by atoms with Crippen LogP contribution in [0.1, 0.15) is 25.8 Å². The number of alkyl halides is 3. The highest BCUT2D eigenvalue weighted by atomic mass is 19.4. The molecule has 7 nitrogen and oxygen atoms in total. The van der Waals surface area contributed by atoms with Crippen molar-refractivity contribution in [3.63, 3.8) is 0 Å². The lowest BCUT2D eigenvalue weighted by molar-refractivity contribution is -0.266. The molecule has 0 aliphatic carbocycles. The highest BCUT2D eigenvalue weighted by Crippen LogP contribution is 2.42. The summed E-state index contributed by atoms with van der Waals surface area (Å²) in [6, 6.07) is 11.0. The molecule has 0 unspecified atom stereocenters. The van der Waals surface area contributed by atoms with Crippen molar-refractivity contribution in [1.82, 2.24) is 5.32 Å². The average Bonchev–Trinajstić information content (AvgIpc) is 2.82. The minimum atomic E-state index is -5.08. The van der Waals surface area contributed by atoms with Gasteiger partial charge in [0.15, 0.2) is 0 Å². The lowest BCUT2D eigenvalue weighted by Crippen LogP contribution is -2.61. The van der Waals surface area contributed by atoms with E-state index in [0.717, 1.165) is 7.11 Å². The zero-order valence-electron chi connectivity index (χ0n) is 20.3. The summed E-state index contributed by atoms with van der Waals surface area (Å²) in [6.45, 7) is 3.65. The van der Waals surface area contributed by atoms with E-state index < -0.39 is 35.7 Å². The SMILES string of the molecule is COC(=O)[C@H](Nc1ccc(OC)cc1)[C@H](CC(C)C)NC(=O)[C@](OC)(c1ccccc1)C(F)(F)F. The van der Waals surface area contributed by atoms with Crippen LogP contribution < -0.4 is 15.4 Å². The molecule has 192 valence electrons. The predicted molar refractivity (Wildman–Crippen MR) is 125 cm³/mol. The van der Waals surface area contributed by atoms with E-state index in [1.54, 1.807) is 24.3 Å². The minimum Gasteiger partial charge on any atom is -0.497 e. The molecule has 0 heterocycles. The van der Waals surface area contributed by atoms with Gasteiger partial charge in [0.2, 0.25) is 0 Å². The normalized spacial score (nSPS) is 15.0. The highest BCUT2D eigenvalue weighted by Gasteiger charge is 2.63. The fraction of sp³-hybridized carbons (Fsp3) is 0.440. The van der Waals surface area contributed by atoms with Crippen LogP contribution in [-0.2, 0) is 24.7 Å². The summed E-state index contributed by atoms with van der Waals surface area (Å²) in [5.41, 5.74) is -3.17. The van der Waals surface area contributed by atoms with E-state index in [-0.39, 0.29) is 17.9 Å². The molecular weight excluding hydrogens is 465 g/mol. The largest absolute Gasteiger partial charge is 0.497 e. The Kier molecular flexibility index (Phi) is 9.53. The number of ether oxygens (including phenoxy) is 3. The lowest BCUT2D eigenvalue weighted by atomic mass is 9.89. The fourth-order valence-electron chi connectivity index (χ4n) is 3.80. The number of hydrogen-bond acceptors (Lipinski definition) is 6. The maximum atomic E-state index is 14.4. The number of nitrogens with one attached hydrogen (secondary N) is 2. The Bertz CT molecular complexity index is 967. The van der Waals surface area contributed by atoms with Crippen molar-refractivity contribution < 1.29 is 37.0 Å². The number of esters is 1. The molecule has 3 atom stereocenters. The van der Waals surface area contributed by atoms with Gasteiger partial charge in [-0.2, -0.15) is 13.2 Å². The van der Waals surface area contributed by atoms with Crippen LogP contribution in [0.25, 0.3) is 0 Å². The second-order valence-corrected chi connectivity index (χ2v) is 8.33. The maximum absolute atomic E-state index is 14.4. The maximum Gasteiger partial charge on any atom is 0.430 e. The number of amides is 1. The Morgan fingerprint density at radius 1 is 0.943 bits per heavy atom. The third-order valence-electron chi connectivity index (χ3n) is 5.52. The standard InChI is InChI=1S/C25H31F3N2O5/c1-16(2)15-20(21(22(31)34-4)29-18-11-13-19(33-3)14-12-18)30-23(32)24(35-5,25(26,27)28)17-9-7-6-8-10-17/h6-14,16,20-21,29H,15H2,1-5H3,(H,30,32)/t20-,21+,24+/m0/s1. The Balaban J connectivity index is 2.48. The number of methoxy groups -OCH3 is 3. The zero-order valence-corrected chi connectivity index (χ0v) is 20.3. The van der Waals surface area contributed by atoms with Crippen LogP contribution in [0.15, 0.2) is 54.6 Å². The molecule has 10 heteroatoms. The van der Waals surface area contributed by atoms with Gasteiger partial charge in [0.25, 0.3) is 11.5 Å². The molecule has 0 fully saturated rings. The van der Waals surface area contributed by atoms with Crippen molar-refractivity contribution in [1.29, 1.82) is 0 Å². The summed E-state index contributed by atoms with van der Waals surface area (Å²) in [5.74, 6) is -1.68. The van der Waals surface area contributed by atoms with E-state index in [9.17, 15) is 22.8 Å². The number of anilines is 1. The van der Waals surface area contributed by atoms with Crippen LogP contribution in [-0.4, -0.2) is 51.5 Å². The van der Waals surface area contributed by atoms with Gasteiger partial charge in [-0.15, -0.1) is 0 Å². The first-order valence-corrected chi connectivity index (χ1v) is 11.0. The van der Waals surface area contributed by atoms with Gasteiger partial charge in [-0.25, -0.2) is 4.79 Å². The first kappa shape index (κ1) is 28.0. The minimum absolute atomic E-state index is 0.0790. The van der Waals surface area contributed by atoms with Gasteiger partial charge < -0.3 is 24.8 Å². The molecule has 0 bridgehead atoms. The van der Waals surface area contributed by atoms with Crippen molar-refractivity contribution in [2.24, 2.45) is 5.92 Å². The number of carbonyl (C=O) groups is 2. The summed E-state index contributed by atoms with van der Waals surface area (Å²) < 4.78 is 58.0. The Hall–Kier alpha value is -3.27. The van der Waals surface area contributed by atoms with E-state index in [4.69, 9.17) is 14.2 Å². The Labute approximate surface area is 202 Å². The van der Waals surface area contributed by atoms with Gasteiger partial charge in [-0.05, 0) is 36.6 Å². The molecule has 0 saturated heterocycles. The van der Waals surface area contributed by atoms with Gasteiger partial charge in [0, 0.05) is 18.4 Å². The quantitative estimate of drug-likeness (QED) is 0.452. The Morgan fingerprint density at radius 2 is 1.54 bits per heavy atom. The highest BCUT2D eigenvalue weighted by molar-refractivity contribution is 5.89. The van der Waals surface area contributed by atoms with Crippen LogP contribution in [0.2, 0.25) is 0 Å². The number of rotatable bonds is 11. The molecule has 2 N–H and O–H groups in total. The first-order chi connectivity index (χ1) is 16.5. The molecule has 2 aromatic rings. The van der Waals surface area contributed by atoms with Gasteiger partial charge >= 0.3 is 12.1 Å². The summed E-state index contributed by atoms with van der Waals surface area (Å²) >= 11 is 0. The van der Waals surface area contributed by atoms with Crippen LogP contribution in [0.5, 0.6) is 5.75 Å². The van der Waals surface area contributed by atoms with Crippen molar-refractivity contribution >= 4 is 17.6 Å². The summed E-state index contributed by atoms with van der Waals surface area (Å²) in [6.07, 6.45) is -4.90. The fourth-order valence-corrected chi connectivity index (χ4v) is 3.80. The molecule has 2 aromatic carbocycles. The molecule has 0 saturated carbocycles. The third-order valence-corrected chi connectivity index (χ3v) is 5.52. The van der Waals surface area contributed by atoms with E-state index >= 15 is 0 Å². The Morgan fingerprint density at radius 3 is 2.00 bits per heavy atom. The first-order valence-electron chi connectivity index (χ1n) is 11.0. The van der Waals surface area contributed by atoms with Crippen LogP contribution in [0, 0.1) is 5.92 Å². The topological polar surface area (TPSA) is 85.9 Å². The monoisotopic (exact) mass is 496 g/mol. The number of carbonyl (C=O) groups excluding carboxylic acids is 2. The smallest absolute Gasteiger partial charge is 0.430 e. The second kappa shape index (κ2) is 11.9. The molecule has 0 radical (unpaired) electrons. The van der Waals surface area contributed by atoms with Gasteiger partial charge in [-0.1, -0.05) is 44.2 Å². The van der Waals surface area contributed by atoms with E-state index in [1.165, 1.54) is 44.6 Å². The zero-order chi connectivity index (χ0) is 26.2. The molecule has 0 aromatic heterocycles.